The molecule has 3 rings (SSSR count). The Hall–Kier alpha value is -2.47. The topological polar surface area (TPSA) is 39.1 Å². The summed E-state index contributed by atoms with van der Waals surface area (Å²) < 4.78 is 51.5. The summed E-state index contributed by atoms with van der Waals surface area (Å²) in [6.45, 7) is 0. The van der Waals surface area contributed by atoms with Gasteiger partial charge >= 0.3 is 0 Å². The lowest BCUT2D eigenvalue weighted by atomic mass is 10.1. The molecule has 6 heteroatoms. The summed E-state index contributed by atoms with van der Waals surface area (Å²) in [7, 11) is -3.29. The summed E-state index contributed by atoms with van der Waals surface area (Å²) in [6.07, 6.45) is 1.13. The Labute approximate surface area is 132 Å². The van der Waals surface area contributed by atoms with E-state index < -0.39 is 21.6 Å². The largest absolute Gasteiger partial charge is 0.286 e. The van der Waals surface area contributed by atoms with Crippen molar-refractivity contribution in [3.8, 4) is 16.9 Å². The number of benzene rings is 2. The van der Waals surface area contributed by atoms with Crippen molar-refractivity contribution in [2.24, 2.45) is 0 Å². The van der Waals surface area contributed by atoms with Gasteiger partial charge in [0.2, 0.25) is 0 Å². The smallest absolute Gasteiger partial charge is 0.198 e. The number of rotatable bonds is 3. The summed E-state index contributed by atoms with van der Waals surface area (Å²) in [6, 6.07) is 14.6. The zero-order valence-corrected chi connectivity index (χ0v) is 13.0. The second kappa shape index (κ2) is 5.62. The van der Waals surface area contributed by atoms with Gasteiger partial charge < -0.3 is 0 Å². The number of aromatic nitrogens is 1. The Balaban J connectivity index is 2.10. The fourth-order valence-electron chi connectivity index (χ4n) is 2.36. The van der Waals surface area contributed by atoms with E-state index in [0.29, 0.717) is 16.9 Å². The fourth-order valence-corrected chi connectivity index (χ4v) is 2.99. The third-order valence-corrected chi connectivity index (χ3v) is 4.62. The van der Waals surface area contributed by atoms with Crippen LogP contribution in [0.3, 0.4) is 0 Å². The van der Waals surface area contributed by atoms with Crippen molar-refractivity contribution in [1.29, 1.82) is 0 Å². The molecular weight excluding hydrogens is 320 g/mol. The zero-order chi connectivity index (χ0) is 16.6. The maximum atomic E-state index is 14.1. The normalized spacial score (nSPS) is 11.6. The van der Waals surface area contributed by atoms with Gasteiger partial charge in [0.25, 0.3) is 0 Å². The Bertz CT molecular complexity index is 943. The van der Waals surface area contributed by atoms with Crippen molar-refractivity contribution >= 4 is 9.84 Å². The highest BCUT2D eigenvalue weighted by molar-refractivity contribution is 7.90. The molecule has 0 aliphatic carbocycles. The molecule has 0 fully saturated rings. The van der Waals surface area contributed by atoms with E-state index in [9.17, 15) is 17.2 Å². The van der Waals surface area contributed by atoms with Crippen LogP contribution in [0.1, 0.15) is 0 Å². The van der Waals surface area contributed by atoms with Gasteiger partial charge in [0.05, 0.1) is 10.6 Å². The van der Waals surface area contributed by atoms with Gasteiger partial charge in [-0.05, 0) is 54.1 Å². The number of nitrogens with zero attached hydrogens (tertiary/aromatic N) is 1. The summed E-state index contributed by atoms with van der Waals surface area (Å²) in [4.78, 5) is 0.196. The summed E-state index contributed by atoms with van der Waals surface area (Å²) >= 11 is 0. The molecule has 0 amide bonds. The van der Waals surface area contributed by atoms with Crippen LogP contribution in [0.5, 0.6) is 0 Å². The van der Waals surface area contributed by atoms with Gasteiger partial charge in [-0.2, -0.15) is 4.39 Å². The van der Waals surface area contributed by atoms with Gasteiger partial charge in [-0.1, -0.05) is 12.1 Å². The predicted octanol–water partition coefficient (Wildman–Crippen LogP) is 3.83. The first-order chi connectivity index (χ1) is 10.9. The molecule has 0 aliphatic rings. The third-order valence-electron chi connectivity index (χ3n) is 3.50. The summed E-state index contributed by atoms with van der Waals surface area (Å²) in [5.41, 5.74) is 1.69. The Morgan fingerprint density at radius 2 is 1.43 bits per heavy atom. The van der Waals surface area contributed by atoms with E-state index in [2.05, 4.69) is 0 Å². The molecule has 0 spiro atoms. The van der Waals surface area contributed by atoms with E-state index >= 15 is 0 Å². The van der Waals surface area contributed by atoms with E-state index in [-0.39, 0.29) is 4.90 Å². The lowest BCUT2D eigenvalue weighted by Gasteiger charge is -2.11. The molecule has 0 bridgehead atoms. The van der Waals surface area contributed by atoms with E-state index in [1.807, 2.05) is 0 Å². The number of hydrogen-bond acceptors (Lipinski definition) is 2. The molecule has 0 radical (unpaired) electrons. The van der Waals surface area contributed by atoms with Crippen LogP contribution in [-0.4, -0.2) is 19.2 Å². The van der Waals surface area contributed by atoms with Gasteiger partial charge in [0.1, 0.15) is 5.82 Å². The predicted molar refractivity (Wildman–Crippen MR) is 84.2 cm³/mol. The molecule has 0 aliphatic heterocycles. The van der Waals surface area contributed by atoms with E-state index in [0.717, 1.165) is 6.26 Å². The van der Waals surface area contributed by atoms with Crippen LogP contribution in [0, 0.1) is 11.8 Å². The quantitative estimate of drug-likeness (QED) is 0.731. The van der Waals surface area contributed by atoms with Crippen molar-refractivity contribution in [2.75, 3.05) is 6.26 Å². The molecule has 1 heterocycles. The average molecular weight is 333 g/mol. The molecule has 0 saturated carbocycles. The first-order valence-corrected chi connectivity index (χ1v) is 8.69. The molecule has 1 aromatic heterocycles. The maximum Gasteiger partial charge on any atom is 0.198 e. The minimum Gasteiger partial charge on any atom is -0.286 e. The summed E-state index contributed by atoms with van der Waals surface area (Å²) in [5.74, 6) is -0.890. The van der Waals surface area contributed by atoms with E-state index in [1.165, 1.54) is 47.0 Å². The highest BCUT2D eigenvalue weighted by atomic mass is 32.2. The van der Waals surface area contributed by atoms with Crippen molar-refractivity contribution in [3.63, 3.8) is 0 Å². The van der Waals surface area contributed by atoms with Crippen LogP contribution in [-0.2, 0) is 9.84 Å². The van der Waals surface area contributed by atoms with E-state index in [1.54, 1.807) is 18.2 Å². The molecule has 0 unspecified atom stereocenters. The van der Waals surface area contributed by atoms with Gasteiger partial charge in [-0.25, -0.2) is 12.8 Å². The highest BCUT2D eigenvalue weighted by Gasteiger charge is 2.13. The number of halogens is 2. The van der Waals surface area contributed by atoms with Gasteiger partial charge in [-0.3, -0.25) is 4.57 Å². The highest BCUT2D eigenvalue weighted by Crippen LogP contribution is 2.27. The third kappa shape index (κ3) is 3.03. The van der Waals surface area contributed by atoms with Crippen LogP contribution in [0.15, 0.2) is 65.6 Å². The van der Waals surface area contributed by atoms with Crippen LogP contribution < -0.4 is 0 Å². The molecule has 3 aromatic rings. The van der Waals surface area contributed by atoms with Crippen LogP contribution in [0.4, 0.5) is 8.78 Å². The van der Waals surface area contributed by atoms with Crippen molar-refractivity contribution in [3.05, 3.63) is 72.4 Å². The van der Waals surface area contributed by atoms with Gasteiger partial charge in [-0.15, -0.1) is 0 Å². The van der Waals surface area contributed by atoms with Crippen LogP contribution >= 0.6 is 0 Å². The minimum absolute atomic E-state index is 0.196. The first kappa shape index (κ1) is 15.4. The van der Waals surface area contributed by atoms with Gasteiger partial charge in [0.15, 0.2) is 15.8 Å². The van der Waals surface area contributed by atoms with Crippen molar-refractivity contribution in [1.82, 2.24) is 4.57 Å². The van der Waals surface area contributed by atoms with E-state index in [4.69, 9.17) is 0 Å². The standard InChI is InChI=1S/C17H13F2NO2S/c1-23(21,22)15-8-2-12(3-9-15)16-10-11-17(19)20(16)14-6-4-13(18)5-7-14/h2-11H,1H3. The van der Waals surface area contributed by atoms with Crippen molar-refractivity contribution in [2.45, 2.75) is 4.90 Å². The molecule has 0 N–H and O–H groups in total. The van der Waals surface area contributed by atoms with Gasteiger partial charge in [0, 0.05) is 11.9 Å². The fraction of sp³-hybridized carbons (Fsp3) is 0.0588. The lowest BCUT2D eigenvalue weighted by Crippen LogP contribution is -2.00. The number of sulfone groups is 1. The monoisotopic (exact) mass is 333 g/mol. The maximum absolute atomic E-state index is 14.1. The molecular formula is C17H13F2NO2S. The van der Waals surface area contributed by atoms with Crippen LogP contribution in [0.25, 0.3) is 16.9 Å². The molecule has 0 atom stereocenters. The Morgan fingerprint density at radius 3 is 2.00 bits per heavy atom. The molecule has 2 aromatic carbocycles. The number of hydrogen-bond donors (Lipinski definition) is 0. The zero-order valence-electron chi connectivity index (χ0n) is 12.2. The molecule has 3 nitrogen and oxygen atoms in total. The second-order valence-electron chi connectivity index (χ2n) is 5.15. The SMILES string of the molecule is CS(=O)(=O)c1ccc(-c2ccc(F)n2-c2ccc(F)cc2)cc1. The Morgan fingerprint density at radius 1 is 0.826 bits per heavy atom. The summed E-state index contributed by atoms with van der Waals surface area (Å²) in [5, 5.41) is 0. The lowest BCUT2D eigenvalue weighted by molar-refractivity contribution is 0.561. The minimum atomic E-state index is -3.29. The average Bonchev–Trinajstić information content (AvgIpc) is 2.89. The molecule has 0 saturated heterocycles. The Kier molecular flexibility index (Phi) is 3.77. The van der Waals surface area contributed by atoms with Crippen molar-refractivity contribution < 1.29 is 17.2 Å². The first-order valence-electron chi connectivity index (χ1n) is 6.80. The molecule has 118 valence electrons. The molecule has 23 heavy (non-hydrogen) atoms. The van der Waals surface area contributed by atoms with Crippen LogP contribution in [0.2, 0.25) is 0 Å². The second-order valence-corrected chi connectivity index (χ2v) is 7.17.